The Morgan fingerprint density at radius 1 is 1.31 bits per heavy atom. The van der Waals surface area contributed by atoms with Crippen molar-refractivity contribution in [3.8, 4) is 5.69 Å². The summed E-state index contributed by atoms with van der Waals surface area (Å²) in [6, 6.07) is 8.18. The molecule has 29 heavy (non-hydrogen) atoms. The summed E-state index contributed by atoms with van der Waals surface area (Å²) >= 11 is 6.15. The zero-order valence-electron chi connectivity index (χ0n) is 16.3. The number of aromatic nitrogens is 3. The van der Waals surface area contributed by atoms with Crippen LogP contribution in [0.25, 0.3) is 16.6 Å². The van der Waals surface area contributed by atoms with Crippen molar-refractivity contribution in [2.45, 2.75) is 38.8 Å². The number of carbonyl (C=O) groups is 1. The number of hydrogen-bond donors (Lipinski definition) is 0. The molecule has 6 nitrogen and oxygen atoms in total. The molecular weight excluding hydrogens is 388 g/mol. The molecule has 0 amide bonds. The third-order valence-corrected chi connectivity index (χ3v) is 6.38. The van der Waals surface area contributed by atoms with Crippen LogP contribution in [0.4, 0.5) is 0 Å². The first-order valence-corrected chi connectivity index (χ1v) is 10.5. The van der Waals surface area contributed by atoms with Gasteiger partial charge in [-0.2, -0.15) is 5.10 Å². The molecule has 2 unspecified atom stereocenters. The standard InChI is InChI=1S/C22H23ClN4O2/c1-2-29-22(28)18-11-25-27(21(18)13-26-12-14-3-5-16(26)9-14)20-7-8-24-19-10-15(23)4-6-17(19)20/h4,6-8,10-11,14,16H,2-3,5,9,12-13H2,1H3. The number of rotatable bonds is 5. The number of carbonyl (C=O) groups excluding carboxylic acids is 1. The predicted octanol–water partition coefficient (Wildman–Crippen LogP) is 4.23. The van der Waals surface area contributed by atoms with E-state index in [9.17, 15) is 4.79 Å². The predicted molar refractivity (Wildman–Crippen MR) is 111 cm³/mol. The molecule has 5 rings (SSSR count). The van der Waals surface area contributed by atoms with Crippen molar-refractivity contribution in [2.24, 2.45) is 5.92 Å². The van der Waals surface area contributed by atoms with E-state index in [4.69, 9.17) is 16.3 Å². The maximum atomic E-state index is 12.6. The van der Waals surface area contributed by atoms with Crippen molar-refractivity contribution in [3.05, 3.63) is 52.9 Å². The van der Waals surface area contributed by atoms with Gasteiger partial charge in [-0.1, -0.05) is 11.6 Å². The third-order valence-electron chi connectivity index (χ3n) is 6.15. The second-order valence-corrected chi connectivity index (χ2v) is 8.33. The lowest BCUT2D eigenvalue weighted by molar-refractivity contribution is 0.0523. The number of nitrogens with zero attached hydrogens (tertiary/aromatic N) is 4. The van der Waals surface area contributed by atoms with Crippen LogP contribution in [0.3, 0.4) is 0 Å². The van der Waals surface area contributed by atoms with E-state index in [2.05, 4.69) is 15.0 Å². The van der Waals surface area contributed by atoms with E-state index in [1.807, 2.05) is 35.9 Å². The number of likely N-dealkylation sites (tertiary alicyclic amines) is 1. The monoisotopic (exact) mass is 410 g/mol. The van der Waals surface area contributed by atoms with Crippen molar-refractivity contribution >= 4 is 28.5 Å². The Hall–Kier alpha value is -2.44. The van der Waals surface area contributed by atoms with Crippen molar-refractivity contribution in [2.75, 3.05) is 13.2 Å². The number of esters is 1. The topological polar surface area (TPSA) is 60.2 Å². The summed E-state index contributed by atoms with van der Waals surface area (Å²) in [5.74, 6) is 0.464. The van der Waals surface area contributed by atoms with Gasteiger partial charge < -0.3 is 4.74 Å². The molecule has 1 aliphatic heterocycles. The third kappa shape index (κ3) is 3.30. The van der Waals surface area contributed by atoms with Crippen LogP contribution in [0.2, 0.25) is 5.02 Å². The molecule has 3 aromatic rings. The van der Waals surface area contributed by atoms with Crippen LogP contribution in [0.15, 0.2) is 36.7 Å². The highest BCUT2D eigenvalue weighted by Crippen LogP contribution is 2.38. The fourth-order valence-corrected chi connectivity index (χ4v) is 4.98. The Morgan fingerprint density at radius 2 is 2.21 bits per heavy atom. The quantitative estimate of drug-likeness (QED) is 0.589. The zero-order chi connectivity index (χ0) is 20.0. The summed E-state index contributed by atoms with van der Waals surface area (Å²) in [5, 5.41) is 6.18. The van der Waals surface area contributed by atoms with Crippen LogP contribution in [0.5, 0.6) is 0 Å². The van der Waals surface area contributed by atoms with Crippen molar-refractivity contribution in [1.82, 2.24) is 19.7 Å². The van der Waals surface area contributed by atoms with E-state index in [0.29, 0.717) is 29.8 Å². The number of ether oxygens (including phenoxy) is 1. The summed E-state index contributed by atoms with van der Waals surface area (Å²) < 4.78 is 7.18. The Morgan fingerprint density at radius 3 is 2.97 bits per heavy atom. The van der Waals surface area contributed by atoms with Gasteiger partial charge in [-0.25, -0.2) is 9.48 Å². The smallest absolute Gasteiger partial charge is 0.341 e. The van der Waals surface area contributed by atoms with E-state index >= 15 is 0 Å². The summed E-state index contributed by atoms with van der Waals surface area (Å²) in [4.78, 5) is 19.6. The van der Waals surface area contributed by atoms with Gasteiger partial charge >= 0.3 is 5.97 Å². The highest BCUT2D eigenvalue weighted by Gasteiger charge is 2.38. The van der Waals surface area contributed by atoms with Crippen LogP contribution in [-0.2, 0) is 11.3 Å². The molecule has 1 aromatic carbocycles. The molecule has 1 saturated heterocycles. The van der Waals surface area contributed by atoms with Gasteiger partial charge in [-0.15, -0.1) is 0 Å². The number of pyridine rings is 1. The van der Waals surface area contributed by atoms with Gasteiger partial charge in [0.2, 0.25) is 0 Å². The first-order chi connectivity index (χ1) is 14.1. The van der Waals surface area contributed by atoms with Gasteiger partial charge in [0.1, 0.15) is 5.56 Å². The minimum Gasteiger partial charge on any atom is -0.462 e. The molecule has 0 N–H and O–H groups in total. The van der Waals surface area contributed by atoms with Crippen LogP contribution in [0, 0.1) is 5.92 Å². The molecule has 2 atom stereocenters. The number of halogens is 1. The molecule has 2 fully saturated rings. The summed E-state index contributed by atoms with van der Waals surface area (Å²) in [5.41, 5.74) is 3.10. The molecule has 1 aliphatic carbocycles. The van der Waals surface area contributed by atoms with E-state index in [1.54, 1.807) is 12.4 Å². The maximum Gasteiger partial charge on any atom is 0.341 e. The summed E-state index contributed by atoms with van der Waals surface area (Å²) in [7, 11) is 0. The van der Waals surface area contributed by atoms with Crippen molar-refractivity contribution in [1.29, 1.82) is 0 Å². The molecule has 3 heterocycles. The maximum absolute atomic E-state index is 12.6. The average molecular weight is 411 g/mol. The Labute approximate surface area is 174 Å². The lowest BCUT2D eigenvalue weighted by atomic mass is 10.1. The van der Waals surface area contributed by atoms with Crippen LogP contribution in [-0.4, -0.2) is 44.8 Å². The number of fused-ring (bicyclic) bond motifs is 3. The van der Waals surface area contributed by atoms with Gasteiger partial charge in [0.15, 0.2) is 0 Å². The van der Waals surface area contributed by atoms with Gasteiger partial charge in [0.05, 0.1) is 29.7 Å². The van der Waals surface area contributed by atoms with Gasteiger partial charge in [-0.3, -0.25) is 9.88 Å². The molecule has 1 saturated carbocycles. The van der Waals surface area contributed by atoms with Gasteiger partial charge in [0.25, 0.3) is 0 Å². The van der Waals surface area contributed by atoms with Crippen LogP contribution in [0.1, 0.15) is 42.2 Å². The first kappa shape index (κ1) is 18.6. The van der Waals surface area contributed by atoms with E-state index in [0.717, 1.165) is 34.7 Å². The molecule has 2 bridgehead atoms. The second kappa shape index (κ2) is 7.43. The Bertz CT molecular complexity index is 1080. The number of piperidine rings is 1. The highest BCUT2D eigenvalue weighted by molar-refractivity contribution is 6.31. The zero-order valence-corrected chi connectivity index (χ0v) is 17.1. The fourth-order valence-electron chi connectivity index (χ4n) is 4.82. The minimum atomic E-state index is -0.320. The number of benzene rings is 1. The Kier molecular flexibility index (Phi) is 4.76. The normalized spacial score (nSPS) is 21.2. The van der Waals surface area contributed by atoms with E-state index in [1.165, 1.54) is 19.3 Å². The number of hydrogen-bond acceptors (Lipinski definition) is 5. The van der Waals surface area contributed by atoms with E-state index < -0.39 is 0 Å². The highest BCUT2D eigenvalue weighted by atomic mass is 35.5. The Balaban J connectivity index is 1.60. The van der Waals surface area contributed by atoms with E-state index in [-0.39, 0.29) is 5.97 Å². The van der Waals surface area contributed by atoms with Gasteiger partial charge in [-0.05, 0) is 56.4 Å². The molecule has 2 aliphatic rings. The second-order valence-electron chi connectivity index (χ2n) is 7.89. The largest absolute Gasteiger partial charge is 0.462 e. The molecule has 7 heteroatoms. The molecular formula is C22H23ClN4O2. The summed E-state index contributed by atoms with van der Waals surface area (Å²) in [6.07, 6.45) is 7.20. The molecule has 150 valence electrons. The lowest BCUT2D eigenvalue weighted by Gasteiger charge is -2.27. The SMILES string of the molecule is CCOC(=O)c1cnn(-c2ccnc3cc(Cl)ccc23)c1CN1CC2CCC1C2. The van der Waals surface area contributed by atoms with Crippen molar-refractivity contribution < 1.29 is 9.53 Å². The van der Waals surface area contributed by atoms with Crippen LogP contribution >= 0.6 is 11.6 Å². The first-order valence-electron chi connectivity index (χ1n) is 10.2. The van der Waals surface area contributed by atoms with Crippen LogP contribution < -0.4 is 0 Å². The summed E-state index contributed by atoms with van der Waals surface area (Å²) in [6.45, 7) is 3.94. The van der Waals surface area contributed by atoms with Crippen molar-refractivity contribution in [3.63, 3.8) is 0 Å². The van der Waals surface area contributed by atoms with Gasteiger partial charge in [0, 0.05) is 35.7 Å². The molecule has 0 spiro atoms. The lowest BCUT2D eigenvalue weighted by Crippen LogP contribution is -2.33. The fraction of sp³-hybridized carbons (Fsp3) is 0.409. The average Bonchev–Trinajstić information content (AvgIpc) is 3.43. The molecule has 2 aromatic heterocycles. The minimum absolute atomic E-state index is 0.320. The molecule has 0 radical (unpaired) electrons.